The average Bonchev–Trinajstić information content (AvgIpc) is 3.11. The van der Waals surface area contributed by atoms with Crippen molar-refractivity contribution in [3.8, 4) is 5.69 Å². The van der Waals surface area contributed by atoms with Crippen molar-refractivity contribution in [2.24, 2.45) is 0 Å². The van der Waals surface area contributed by atoms with E-state index in [4.69, 9.17) is 0 Å². The second-order valence-corrected chi connectivity index (χ2v) is 5.36. The molecule has 2 aromatic carbocycles. The summed E-state index contributed by atoms with van der Waals surface area (Å²) in [5.74, 6) is 0.0283. The van der Waals surface area contributed by atoms with Gasteiger partial charge in [-0.15, -0.1) is 0 Å². The van der Waals surface area contributed by atoms with E-state index in [0.29, 0.717) is 6.42 Å². The normalized spacial score (nSPS) is 10.4. The topological polar surface area (TPSA) is 46.9 Å². The number of hydrogen-bond donors (Lipinski definition) is 1. The summed E-state index contributed by atoms with van der Waals surface area (Å²) in [6, 6.07) is 19.8. The molecule has 0 fully saturated rings. The number of aryl methyl sites for hydroxylation is 1. The predicted molar refractivity (Wildman–Crippen MR) is 91.6 cm³/mol. The van der Waals surface area contributed by atoms with Crippen LogP contribution >= 0.6 is 0 Å². The first-order chi connectivity index (χ1) is 11.3. The van der Waals surface area contributed by atoms with Gasteiger partial charge in [-0.1, -0.05) is 42.5 Å². The van der Waals surface area contributed by atoms with Crippen LogP contribution in [0.5, 0.6) is 0 Å². The van der Waals surface area contributed by atoms with E-state index in [0.717, 1.165) is 24.2 Å². The van der Waals surface area contributed by atoms with Gasteiger partial charge in [-0.05, 0) is 36.6 Å². The molecule has 1 amide bonds. The summed E-state index contributed by atoms with van der Waals surface area (Å²) in [6.07, 6.45) is 5.83. The second kappa shape index (κ2) is 7.40. The molecule has 23 heavy (non-hydrogen) atoms. The first kappa shape index (κ1) is 15.0. The van der Waals surface area contributed by atoms with E-state index in [2.05, 4.69) is 22.5 Å². The standard InChI is InChI=1S/C19H19N3O/c23-19(13-6-10-16-8-2-1-3-9-16)21-17-11-4-5-12-18(17)22-15-7-14-20-22/h1-5,7-9,11-12,14-15H,6,10,13H2,(H,21,23). The van der Waals surface area contributed by atoms with Crippen molar-refractivity contribution in [2.45, 2.75) is 19.3 Å². The van der Waals surface area contributed by atoms with Crippen LogP contribution in [0.2, 0.25) is 0 Å². The molecule has 0 bridgehead atoms. The quantitative estimate of drug-likeness (QED) is 0.752. The molecule has 3 aromatic rings. The Kier molecular flexibility index (Phi) is 4.84. The zero-order valence-corrected chi connectivity index (χ0v) is 12.9. The van der Waals surface area contributed by atoms with Crippen LogP contribution in [0.1, 0.15) is 18.4 Å². The molecule has 0 saturated carbocycles. The van der Waals surface area contributed by atoms with Gasteiger partial charge in [-0.25, -0.2) is 4.68 Å². The molecule has 4 heteroatoms. The number of hydrogen-bond acceptors (Lipinski definition) is 2. The lowest BCUT2D eigenvalue weighted by Gasteiger charge is -2.11. The van der Waals surface area contributed by atoms with Gasteiger partial charge in [0.25, 0.3) is 0 Å². The van der Waals surface area contributed by atoms with Gasteiger partial charge in [0.05, 0.1) is 11.4 Å². The van der Waals surface area contributed by atoms with Crippen LogP contribution in [0.4, 0.5) is 5.69 Å². The van der Waals surface area contributed by atoms with Crippen LogP contribution < -0.4 is 5.32 Å². The number of carbonyl (C=O) groups is 1. The Morgan fingerprint density at radius 2 is 1.78 bits per heavy atom. The number of rotatable bonds is 6. The fourth-order valence-electron chi connectivity index (χ4n) is 2.50. The van der Waals surface area contributed by atoms with E-state index in [1.807, 2.05) is 54.7 Å². The molecule has 0 atom stereocenters. The molecule has 4 nitrogen and oxygen atoms in total. The Labute approximate surface area is 135 Å². The van der Waals surface area contributed by atoms with E-state index in [9.17, 15) is 4.79 Å². The molecule has 0 radical (unpaired) electrons. The van der Waals surface area contributed by atoms with E-state index in [1.54, 1.807) is 10.9 Å². The maximum atomic E-state index is 12.2. The van der Waals surface area contributed by atoms with Gasteiger partial charge < -0.3 is 5.32 Å². The summed E-state index contributed by atoms with van der Waals surface area (Å²) < 4.78 is 1.75. The lowest BCUT2D eigenvalue weighted by molar-refractivity contribution is -0.116. The maximum absolute atomic E-state index is 12.2. The summed E-state index contributed by atoms with van der Waals surface area (Å²) in [5.41, 5.74) is 2.91. The molecular weight excluding hydrogens is 286 g/mol. The van der Waals surface area contributed by atoms with Crippen molar-refractivity contribution >= 4 is 11.6 Å². The van der Waals surface area contributed by atoms with Crippen molar-refractivity contribution in [1.29, 1.82) is 0 Å². The summed E-state index contributed by atoms with van der Waals surface area (Å²) in [4.78, 5) is 12.2. The Hall–Kier alpha value is -2.88. The lowest BCUT2D eigenvalue weighted by atomic mass is 10.1. The van der Waals surface area contributed by atoms with Crippen LogP contribution in [0.15, 0.2) is 73.1 Å². The molecule has 0 spiro atoms. The number of amides is 1. The largest absolute Gasteiger partial charge is 0.324 e. The fourth-order valence-corrected chi connectivity index (χ4v) is 2.50. The fraction of sp³-hybridized carbons (Fsp3) is 0.158. The summed E-state index contributed by atoms with van der Waals surface area (Å²) in [5, 5.41) is 7.21. The SMILES string of the molecule is O=C(CCCc1ccccc1)Nc1ccccc1-n1cccn1. The molecule has 116 valence electrons. The number of anilines is 1. The summed E-state index contributed by atoms with van der Waals surface area (Å²) in [7, 11) is 0. The summed E-state index contributed by atoms with van der Waals surface area (Å²) >= 11 is 0. The Balaban J connectivity index is 1.58. The smallest absolute Gasteiger partial charge is 0.224 e. The Bertz CT molecular complexity index is 751. The minimum absolute atomic E-state index is 0.0283. The highest BCUT2D eigenvalue weighted by molar-refractivity contribution is 5.92. The monoisotopic (exact) mass is 305 g/mol. The molecule has 0 aliphatic carbocycles. The first-order valence-corrected chi connectivity index (χ1v) is 7.76. The third kappa shape index (κ3) is 4.07. The molecule has 1 aromatic heterocycles. The maximum Gasteiger partial charge on any atom is 0.224 e. The highest BCUT2D eigenvalue weighted by Gasteiger charge is 2.08. The van der Waals surface area contributed by atoms with Crippen LogP contribution in [-0.2, 0) is 11.2 Å². The van der Waals surface area contributed by atoms with Crippen LogP contribution in [0.3, 0.4) is 0 Å². The number of carbonyl (C=O) groups excluding carboxylic acids is 1. The van der Waals surface area contributed by atoms with Crippen LogP contribution in [-0.4, -0.2) is 15.7 Å². The van der Waals surface area contributed by atoms with E-state index in [1.165, 1.54) is 5.56 Å². The van der Waals surface area contributed by atoms with Crippen molar-refractivity contribution in [3.05, 3.63) is 78.6 Å². The van der Waals surface area contributed by atoms with Gasteiger partial charge in [0, 0.05) is 18.8 Å². The molecule has 0 unspecified atom stereocenters. The lowest BCUT2D eigenvalue weighted by Crippen LogP contribution is -2.13. The van der Waals surface area contributed by atoms with Crippen LogP contribution in [0.25, 0.3) is 5.69 Å². The van der Waals surface area contributed by atoms with E-state index < -0.39 is 0 Å². The molecule has 0 saturated heterocycles. The number of nitrogens with one attached hydrogen (secondary N) is 1. The molecule has 1 heterocycles. The third-order valence-corrected chi connectivity index (χ3v) is 3.64. The van der Waals surface area contributed by atoms with Gasteiger partial charge in [0.2, 0.25) is 5.91 Å². The summed E-state index contributed by atoms with van der Waals surface area (Å²) in [6.45, 7) is 0. The number of para-hydroxylation sites is 2. The highest BCUT2D eigenvalue weighted by Crippen LogP contribution is 2.19. The highest BCUT2D eigenvalue weighted by atomic mass is 16.1. The number of benzene rings is 2. The predicted octanol–water partition coefficient (Wildman–Crippen LogP) is 3.83. The molecule has 1 N–H and O–H groups in total. The third-order valence-electron chi connectivity index (χ3n) is 3.64. The Morgan fingerprint density at radius 1 is 1.00 bits per heavy atom. The van der Waals surface area contributed by atoms with Gasteiger partial charge in [-0.3, -0.25) is 4.79 Å². The van der Waals surface area contributed by atoms with E-state index in [-0.39, 0.29) is 5.91 Å². The van der Waals surface area contributed by atoms with Gasteiger partial charge in [0.1, 0.15) is 0 Å². The number of aromatic nitrogens is 2. The van der Waals surface area contributed by atoms with E-state index >= 15 is 0 Å². The first-order valence-electron chi connectivity index (χ1n) is 7.76. The average molecular weight is 305 g/mol. The minimum Gasteiger partial charge on any atom is -0.324 e. The van der Waals surface area contributed by atoms with Crippen molar-refractivity contribution in [1.82, 2.24) is 9.78 Å². The Morgan fingerprint density at radius 3 is 2.57 bits per heavy atom. The zero-order valence-electron chi connectivity index (χ0n) is 12.9. The van der Waals surface area contributed by atoms with Gasteiger partial charge in [-0.2, -0.15) is 5.10 Å². The van der Waals surface area contributed by atoms with Gasteiger partial charge in [0.15, 0.2) is 0 Å². The van der Waals surface area contributed by atoms with Gasteiger partial charge >= 0.3 is 0 Å². The molecule has 0 aliphatic heterocycles. The number of nitrogens with zero attached hydrogens (tertiary/aromatic N) is 2. The van der Waals surface area contributed by atoms with Crippen molar-refractivity contribution in [3.63, 3.8) is 0 Å². The molecular formula is C19H19N3O. The zero-order chi connectivity index (χ0) is 15.9. The second-order valence-electron chi connectivity index (χ2n) is 5.36. The molecule has 0 aliphatic rings. The molecule has 3 rings (SSSR count). The van der Waals surface area contributed by atoms with Crippen LogP contribution in [0, 0.1) is 0 Å². The van der Waals surface area contributed by atoms with Crippen molar-refractivity contribution < 1.29 is 4.79 Å². The minimum atomic E-state index is 0.0283. The van der Waals surface area contributed by atoms with Crippen molar-refractivity contribution in [2.75, 3.05) is 5.32 Å².